The summed E-state index contributed by atoms with van der Waals surface area (Å²) < 4.78 is 5.33. The van der Waals surface area contributed by atoms with Crippen LogP contribution in [0, 0.1) is 0 Å². The lowest BCUT2D eigenvalue weighted by atomic mass is 9.99. The average molecular weight is 358 g/mol. The lowest BCUT2D eigenvalue weighted by Gasteiger charge is -2.36. The molecule has 3 aromatic heterocycles. The van der Waals surface area contributed by atoms with Gasteiger partial charge in [0.25, 0.3) is 5.91 Å². The van der Waals surface area contributed by atoms with Gasteiger partial charge in [0.2, 0.25) is 11.7 Å². The van der Waals surface area contributed by atoms with Crippen molar-refractivity contribution < 1.29 is 9.32 Å². The molecule has 0 radical (unpaired) electrons. The molecule has 0 aliphatic carbocycles. The Morgan fingerprint density at radius 1 is 1.07 bits per heavy atom. The first-order valence-corrected chi connectivity index (χ1v) is 8.53. The Morgan fingerprint density at radius 2 is 1.96 bits per heavy atom. The number of rotatable bonds is 3. The Hall–Kier alpha value is -3.68. The number of para-hydroxylation sites is 1. The first-order valence-electron chi connectivity index (χ1n) is 8.53. The Morgan fingerprint density at radius 3 is 2.81 bits per heavy atom. The minimum absolute atomic E-state index is 0.0207. The molecule has 5 rings (SSSR count). The maximum absolute atomic E-state index is 12.7. The molecule has 1 aliphatic rings. The number of carbonyl (C=O) groups is 1. The van der Waals surface area contributed by atoms with Gasteiger partial charge in [-0.3, -0.25) is 9.78 Å². The quantitative estimate of drug-likeness (QED) is 0.554. The van der Waals surface area contributed by atoms with E-state index in [-0.39, 0.29) is 11.8 Å². The monoisotopic (exact) mass is 358 g/mol. The highest BCUT2D eigenvalue weighted by molar-refractivity contribution is 5.95. The summed E-state index contributed by atoms with van der Waals surface area (Å²) in [4.78, 5) is 31.4. The molecule has 0 N–H and O–H groups in total. The van der Waals surface area contributed by atoms with Gasteiger partial charge in [-0.2, -0.15) is 4.98 Å². The summed E-state index contributed by atoms with van der Waals surface area (Å²) in [6, 6.07) is 11.4. The van der Waals surface area contributed by atoms with Gasteiger partial charge in [-0.05, 0) is 12.1 Å². The number of hydrogen-bond donors (Lipinski definition) is 0. The molecule has 27 heavy (non-hydrogen) atoms. The van der Waals surface area contributed by atoms with Crippen LogP contribution in [0.2, 0.25) is 0 Å². The Kier molecular flexibility index (Phi) is 3.60. The van der Waals surface area contributed by atoms with E-state index in [1.54, 1.807) is 29.6 Å². The van der Waals surface area contributed by atoms with Crippen molar-refractivity contribution in [3.63, 3.8) is 0 Å². The number of pyridine rings is 1. The van der Waals surface area contributed by atoms with Gasteiger partial charge in [-0.1, -0.05) is 29.4 Å². The lowest BCUT2D eigenvalue weighted by molar-refractivity contribution is 0.0563. The van der Waals surface area contributed by atoms with Crippen molar-refractivity contribution in [2.45, 2.75) is 5.92 Å². The van der Waals surface area contributed by atoms with Gasteiger partial charge in [0.1, 0.15) is 11.4 Å². The second-order valence-electron chi connectivity index (χ2n) is 6.34. The van der Waals surface area contributed by atoms with Gasteiger partial charge in [-0.25, -0.2) is 9.97 Å². The van der Waals surface area contributed by atoms with Crippen LogP contribution < -0.4 is 0 Å². The zero-order chi connectivity index (χ0) is 18.2. The van der Waals surface area contributed by atoms with E-state index in [1.165, 1.54) is 0 Å². The van der Waals surface area contributed by atoms with Crippen molar-refractivity contribution in [2.24, 2.45) is 0 Å². The number of benzene rings is 1. The second kappa shape index (κ2) is 6.24. The zero-order valence-electron chi connectivity index (χ0n) is 14.2. The predicted molar refractivity (Wildman–Crippen MR) is 95.7 cm³/mol. The maximum atomic E-state index is 12.7. The van der Waals surface area contributed by atoms with Gasteiger partial charge in [-0.15, -0.1) is 0 Å². The Balaban J connectivity index is 1.29. The molecule has 1 saturated heterocycles. The molecule has 4 aromatic rings. The number of carbonyl (C=O) groups excluding carboxylic acids is 1. The van der Waals surface area contributed by atoms with Crippen LogP contribution >= 0.6 is 0 Å². The molecular weight excluding hydrogens is 344 g/mol. The minimum atomic E-state index is -0.0920. The van der Waals surface area contributed by atoms with Crippen LogP contribution in [-0.4, -0.2) is 49.0 Å². The van der Waals surface area contributed by atoms with Crippen molar-refractivity contribution in [1.29, 1.82) is 0 Å². The summed E-state index contributed by atoms with van der Waals surface area (Å²) in [6.07, 6.45) is 4.74. The highest BCUT2D eigenvalue weighted by atomic mass is 16.5. The van der Waals surface area contributed by atoms with Crippen LogP contribution in [0.5, 0.6) is 0 Å². The SMILES string of the molecule is O=C(c1ccc2ccccc2n1)N1CC(c2nc(-c3cnccn3)no2)C1. The van der Waals surface area contributed by atoms with Gasteiger partial charge in [0, 0.05) is 30.9 Å². The fraction of sp³-hybridized carbons (Fsp3) is 0.158. The average Bonchev–Trinajstić information content (AvgIpc) is 3.17. The molecule has 8 heteroatoms. The van der Waals surface area contributed by atoms with Crippen molar-refractivity contribution >= 4 is 16.8 Å². The van der Waals surface area contributed by atoms with Crippen molar-refractivity contribution in [2.75, 3.05) is 13.1 Å². The van der Waals surface area contributed by atoms with Crippen LogP contribution in [0.15, 0.2) is 59.5 Å². The first-order chi connectivity index (χ1) is 13.3. The third-order valence-electron chi connectivity index (χ3n) is 4.57. The smallest absolute Gasteiger partial charge is 0.272 e. The van der Waals surface area contributed by atoms with E-state index in [2.05, 4.69) is 25.1 Å². The number of likely N-dealkylation sites (tertiary alicyclic amines) is 1. The Bertz CT molecular complexity index is 1120. The highest BCUT2D eigenvalue weighted by Crippen LogP contribution is 2.28. The summed E-state index contributed by atoms with van der Waals surface area (Å²) in [6.45, 7) is 1.05. The maximum Gasteiger partial charge on any atom is 0.272 e. The number of nitrogens with zero attached hydrogens (tertiary/aromatic N) is 6. The third kappa shape index (κ3) is 2.80. The largest absolute Gasteiger partial charge is 0.338 e. The molecule has 0 spiro atoms. The Labute approximate surface area is 153 Å². The van der Waals surface area contributed by atoms with E-state index in [4.69, 9.17) is 4.52 Å². The molecule has 0 saturated carbocycles. The normalized spacial score (nSPS) is 14.3. The summed E-state index contributed by atoms with van der Waals surface area (Å²) in [5, 5.41) is 4.96. The molecule has 1 amide bonds. The van der Waals surface area contributed by atoms with Gasteiger partial charge >= 0.3 is 0 Å². The van der Waals surface area contributed by atoms with Gasteiger partial charge < -0.3 is 9.42 Å². The summed E-state index contributed by atoms with van der Waals surface area (Å²) >= 11 is 0. The minimum Gasteiger partial charge on any atom is -0.338 e. The van der Waals surface area contributed by atoms with E-state index in [9.17, 15) is 4.79 Å². The van der Waals surface area contributed by atoms with Crippen molar-refractivity contribution in [1.82, 2.24) is 30.0 Å². The van der Waals surface area contributed by atoms with Crippen LogP contribution in [-0.2, 0) is 0 Å². The fourth-order valence-electron chi connectivity index (χ4n) is 3.07. The second-order valence-corrected chi connectivity index (χ2v) is 6.34. The fourth-order valence-corrected chi connectivity index (χ4v) is 3.07. The summed E-state index contributed by atoms with van der Waals surface area (Å²) in [5.41, 5.74) is 1.81. The molecule has 0 bridgehead atoms. The summed E-state index contributed by atoms with van der Waals surface area (Å²) in [7, 11) is 0. The van der Waals surface area contributed by atoms with E-state index < -0.39 is 0 Å². The lowest BCUT2D eigenvalue weighted by Crippen LogP contribution is -2.48. The standard InChI is InChI=1S/C19H14N6O2/c26-19(15-6-5-12-3-1-2-4-14(12)22-15)25-10-13(11-25)18-23-17(24-27-18)16-9-20-7-8-21-16/h1-9,13H,10-11H2. The highest BCUT2D eigenvalue weighted by Gasteiger charge is 2.36. The molecule has 0 unspecified atom stereocenters. The van der Waals surface area contributed by atoms with Crippen molar-refractivity contribution in [3.8, 4) is 11.5 Å². The molecule has 1 fully saturated rings. The van der Waals surface area contributed by atoms with E-state index in [0.717, 1.165) is 10.9 Å². The topological polar surface area (TPSA) is 97.9 Å². The van der Waals surface area contributed by atoms with Crippen LogP contribution in [0.3, 0.4) is 0 Å². The van der Waals surface area contributed by atoms with E-state index in [1.807, 2.05) is 30.3 Å². The molecule has 0 atom stereocenters. The third-order valence-corrected chi connectivity index (χ3v) is 4.57. The van der Waals surface area contributed by atoms with Crippen LogP contribution in [0.25, 0.3) is 22.4 Å². The van der Waals surface area contributed by atoms with E-state index in [0.29, 0.717) is 36.2 Å². The van der Waals surface area contributed by atoms with Gasteiger partial charge in [0.05, 0.1) is 17.6 Å². The van der Waals surface area contributed by atoms with Crippen LogP contribution in [0.1, 0.15) is 22.3 Å². The molecule has 1 aromatic carbocycles. The number of hydrogen-bond acceptors (Lipinski definition) is 7. The molecule has 4 heterocycles. The molecule has 132 valence electrons. The van der Waals surface area contributed by atoms with Crippen molar-refractivity contribution in [3.05, 3.63) is 66.6 Å². The molecule has 1 aliphatic heterocycles. The molecular formula is C19H14N6O2. The summed E-state index contributed by atoms with van der Waals surface area (Å²) in [5.74, 6) is 0.836. The predicted octanol–water partition coefficient (Wildman–Crippen LogP) is 2.31. The first kappa shape index (κ1) is 15.6. The van der Waals surface area contributed by atoms with Gasteiger partial charge in [0.15, 0.2) is 0 Å². The molecule has 8 nitrogen and oxygen atoms in total. The number of fused-ring (bicyclic) bond motifs is 1. The number of aromatic nitrogens is 5. The zero-order valence-corrected chi connectivity index (χ0v) is 14.2. The number of amides is 1. The van der Waals surface area contributed by atoms with E-state index >= 15 is 0 Å². The van der Waals surface area contributed by atoms with Crippen LogP contribution in [0.4, 0.5) is 0 Å².